The number of carbonyl (C=O) groups is 2. The third kappa shape index (κ3) is 2.92. The predicted molar refractivity (Wildman–Crippen MR) is 67.1 cm³/mol. The second-order valence-corrected chi connectivity index (χ2v) is 4.12. The summed E-state index contributed by atoms with van der Waals surface area (Å²) >= 11 is 5.66. The third-order valence-corrected chi connectivity index (χ3v) is 2.57. The largest absolute Gasteiger partial charge is 0.478 e. The molecule has 2 aromatic rings. The van der Waals surface area contributed by atoms with E-state index in [1.165, 1.54) is 18.3 Å². The number of hydrogen-bond donors (Lipinski definition) is 3. The number of benzene rings is 1. The number of anilines is 1. The Labute approximate surface area is 112 Å². The van der Waals surface area contributed by atoms with Crippen LogP contribution in [0, 0.1) is 5.82 Å². The third-order valence-electron chi connectivity index (χ3n) is 2.35. The van der Waals surface area contributed by atoms with Crippen molar-refractivity contribution in [3.05, 3.63) is 52.6 Å². The Kier molecular flexibility index (Phi) is 3.52. The molecular formula is C12H8ClFN2O3. The maximum atomic E-state index is 13.2. The second kappa shape index (κ2) is 5.11. The minimum atomic E-state index is -1.41. The van der Waals surface area contributed by atoms with Gasteiger partial charge in [0.25, 0.3) is 5.91 Å². The molecule has 0 saturated carbocycles. The Morgan fingerprint density at radius 3 is 2.63 bits per heavy atom. The van der Waals surface area contributed by atoms with Crippen LogP contribution in [-0.4, -0.2) is 22.0 Å². The first-order valence-electron chi connectivity index (χ1n) is 5.15. The fraction of sp³-hybridized carbons (Fsp3) is 0. The van der Waals surface area contributed by atoms with Gasteiger partial charge in [0.2, 0.25) is 0 Å². The molecule has 0 bridgehead atoms. The Hall–Kier alpha value is -2.34. The SMILES string of the molecule is O=C(Nc1ccc(F)c(C(=O)O)c1)c1cc(Cl)c[nH]1. The van der Waals surface area contributed by atoms with E-state index >= 15 is 0 Å². The number of aromatic amines is 1. The second-order valence-electron chi connectivity index (χ2n) is 3.69. The van der Waals surface area contributed by atoms with Gasteiger partial charge in [0.05, 0.1) is 10.6 Å². The van der Waals surface area contributed by atoms with Crippen molar-refractivity contribution >= 4 is 29.2 Å². The topological polar surface area (TPSA) is 82.2 Å². The van der Waals surface area contributed by atoms with Crippen LogP contribution in [0.2, 0.25) is 5.02 Å². The van der Waals surface area contributed by atoms with E-state index in [0.29, 0.717) is 5.02 Å². The van der Waals surface area contributed by atoms with E-state index in [4.69, 9.17) is 16.7 Å². The van der Waals surface area contributed by atoms with Gasteiger partial charge in [-0.2, -0.15) is 0 Å². The summed E-state index contributed by atoms with van der Waals surface area (Å²) < 4.78 is 13.2. The molecule has 2 rings (SSSR count). The first-order valence-corrected chi connectivity index (χ1v) is 5.53. The first kappa shape index (κ1) is 13.1. The molecule has 5 nitrogen and oxygen atoms in total. The van der Waals surface area contributed by atoms with Crippen LogP contribution in [0.25, 0.3) is 0 Å². The van der Waals surface area contributed by atoms with E-state index in [1.54, 1.807) is 0 Å². The predicted octanol–water partition coefficient (Wildman–Crippen LogP) is 2.76. The molecule has 0 atom stereocenters. The van der Waals surface area contributed by atoms with Crippen molar-refractivity contribution < 1.29 is 19.1 Å². The minimum absolute atomic E-state index is 0.175. The molecule has 7 heteroatoms. The molecule has 1 amide bonds. The number of rotatable bonds is 3. The lowest BCUT2D eigenvalue weighted by molar-refractivity contribution is 0.0691. The molecule has 0 unspecified atom stereocenters. The zero-order chi connectivity index (χ0) is 14.0. The van der Waals surface area contributed by atoms with Crippen LogP contribution in [-0.2, 0) is 0 Å². The van der Waals surface area contributed by atoms with Crippen LogP contribution < -0.4 is 5.32 Å². The number of H-pyrrole nitrogens is 1. The molecular weight excluding hydrogens is 275 g/mol. The Bertz CT molecular complexity index is 654. The number of aromatic nitrogens is 1. The van der Waals surface area contributed by atoms with Crippen molar-refractivity contribution in [3.63, 3.8) is 0 Å². The quantitative estimate of drug-likeness (QED) is 0.809. The van der Waals surface area contributed by atoms with Crippen LogP contribution in [0.1, 0.15) is 20.8 Å². The van der Waals surface area contributed by atoms with Gasteiger partial charge in [-0.1, -0.05) is 11.6 Å². The minimum Gasteiger partial charge on any atom is -0.478 e. The van der Waals surface area contributed by atoms with E-state index in [2.05, 4.69) is 10.3 Å². The number of carbonyl (C=O) groups excluding carboxylic acids is 1. The van der Waals surface area contributed by atoms with E-state index < -0.39 is 23.3 Å². The molecule has 0 fully saturated rings. The Morgan fingerprint density at radius 1 is 1.32 bits per heavy atom. The summed E-state index contributed by atoms with van der Waals surface area (Å²) in [6.07, 6.45) is 1.43. The van der Waals surface area contributed by atoms with Crippen molar-refractivity contribution in [3.8, 4) is 0 Å². The van der Waals surface area contributed by atoms with Crippen molar-refractivity contribution in [1.29, 1.82) is 0 Å². The lowest BCUT2D eigenvalue weighted by Crippen LogP contribution is -2.13. The number of halogens is 2. The Morgan fingerprint density at radius 2 is 2.05 bits per heavy atom. The molecule has 1 heterocycles. The number of nitrogens with one attached hydrogen (secondary N) is 2. The molecule has 1 aromatic carbocycles. The van der Waals surface area contributed by atoms with Crippen LogP contribution >= 0.6 is 11.6 Å². The highest BCUT2D eigenvalue weighted by atomic mass is 35.5. The van der Waals surface area contributed by atoms with Crippen LogP contribution in [0.5, 0.6) is 0 Å². The van der Waals surface area contributed by atoms with E-state index in [9.17, 15) is 14.0 Å². The van der Waals surface area contributed by atoms with Crippen molar-refractivity contribution in [2.75, 3.05) is 5.32 Å². The number of hydrogen-bond acceptors (Lipinski definition) is 2. The fourth-order valence-electron chi connectivity index (χ4n) is 1.46. The molecule has 0 aliphatic rings. The van der Waals surface area contributed by atoms with Gasteiger partial charge >= 0.3 is 5.97 Å². The molecule has 3 N–H and O–H groups in total. The summed E-state index contributed by atoms with van der Waals surface area (Å²) in [5.74, 6) is -2.78. The van der Waals surface area contributed by atoms with Gasteiger partial charge in [0.1, 0.15) is 11.5 Å². The first-order chi connectivity index (χ1) is 8.97. The molecule has 1 aromatic heterocycles. The van der Waals surface area contributed by atoms with Gasteiger partial charge in [0.15, 0.2) is 0 Å². The number of aromatic carboxylic acids is 1. The van der Waals surface area contributed by atoms with Crippen LogP contribution in [0.3, 0.4) is 0 Å². The number of amides is 1. The van der Waals surface area contributed by atoms with E-state index in [0.717, 1.165) is 12.1 Å². The summed E-state index contributed by atoms with van der Waals surface area (Å²) in [6, 6.07) is 4.70. The van der Waals surface area contributed by atoms with E-state index in [-0.39, 0.29) is 11.4 Å². The number of carboxylic acids is 1. The molecule has 0 spiro atoms. The van der Waals surface area contributed by atoms with Gasteiger partial charge in [-0.25, -0.2) is 9.18 Å². The molecule has 0 aliphatic heterocycles. The normalized spacial score (nSPS) is 10.2. The zero-order valence-corrected chi connectivity index (χ0v) is 10.2. The van der Waals surface area contributed by atoms with Crippen LogP contribution in [0.4, 0.5) is 10.1 Å². The summed E-state index contributed by atoms with van der Waals surface area (Å²) in [5.41, 5.74) is -0.122. The Balaban J connectivity index is 2.22. The maximum absolute atomic E-state index is 13.2. The van der Waals surface area contributed by atoms with Gasteiger partial charge in [0, 0.05) is 11.9 Å². The highest BCUT2D eigenvalue weighted by Crippen LogP contribution is 2.16. The average molecular weight is 283 g/mol. The van der Waals surface area contributed by atoms with Crippen molar-refractivity contribution in [2.24, 2.45) is 0 Å². The van der Waals surface area contributed by atoms with Crippen molar-refractivity contribution in [2.45, 2.75) is 0 Å². The molecule has 19 heavy (non-hydrogen) atoms. The van der Waals surface area contributed by atoms with Gasteiger partial charge in [-0.15, -0.1) is 0 Å². The summed E-state index contributed by atoms with van der Waals surface area (Å²) in [5, 5.41) is 11.6. The summed E-state index contributed by atoms with van der Waals surface area (Å²) in [7, 11) is 0. The van der Waals surface area contributed by atoms with Crippen LogP contribution in [0.15, 0.2) is 30.5 Å². The molecule has 0 radical (unpaired) electrons. The highest BCUT2D eigenvalue weighted by Gasteiger charge is 2.13. The molecule has 0 saturated heterocycles. The fourth-order valence-corrected chi connectivity index (χ4v) is 1.63. The van der Waals surface area contributed by atoms with Crippen molar-refractivity contribution in [1.82, 2.24) is 4.98 Å². The monoisotopic (exact) mass is 282 g/mol. The van der Waals surface area contributed by atoms with Gasteiger partial charge < -0.3 is 15.4 Å². The summed E-state index contributed by atoms with van der Waals surface area (Å²) in [6.45, 7) is 0. The smallest absolute Gasteiger partial charge is 0.338 e. The number of carboxylic acid groups (broad SMARTS) is 1. The average Bonchev–Trinajstić information content (AvgIpc) is 2.78. The standard InChI is InChI=1S/C12H8ClFN2O3/c13-6-3-10(15-5-6)11(17)16-7-1-2-9(14)8(4-7)12(18)19/h1-5,15H,(H,16,17)(H,18,19). The lowest BCUT2D eigenvalue weighted by atomic mass is 10.2. The highest BCUT2D eigenvalue weighted by molar-refractivity contribution is 6.31. The van der Waals surface area contributed by atoms with E-state index in [1.807, 2.05) is 0 Å². The molecule has 0 aliphatic carbocycles. The summed E-state index contributed by atoms with van der Waals surface area (Å²) in [4.78, 5) is 25.1. The maximum Gasteiger partial charge on any atom is 0.338 e. The van der Waals surface area contributed by atoms with Gasteiger partial charge in [-0.05, 0) is 24.3 Å². The lowest BCUT2D eigenvalue weighted by Gasteiger charge is -2.05. The van der Waals surface area contributed by atoms with Gasteiger partial charge in [-0.3, -0.25) is 4.79 Å². The molecule has 98 valence electrons. The zero-order valence-electron chi connectivity index (χ0n) is 9.41.